The number of oxime groups is 2. The van der Waals surface area contributed by atoms with Crippen LogP contribution < -0.4 is 56.6 Å². The Balaban J connectivity index is 0.000000138. The minimum absolute atomic E-state index is 0.0238. The molecule has 9 aromatic rings. The van der Waals surface area contributed by atoms with Crippen molar-refractivity contribution < 1.29 is 91.3 Å². The molecular formula is C98H83Cl2FN16O18. The van der Waals surface area contributed by atoms with Gasteiger partial charge >= 0.3 is 12.1 Å². The summed E-state index contributed by atoms with van der Waals surface area (Å²) in [6.07, 6.45) is 6.13. The van der Waals surface area contributed by atoms with Gasteiger partial charge in [-0.05, 0) is 170 Å². The van der Waals surface area contributed by atoms with Crippen molar-refractivity contribution >= 4 is 112 Å². The van der Waals surface area contributed by atoms with Gasteiger partial charge in [0.25, 0.3) is 35.4 Å². The van der Waals surface area contributed by atoms with E-state index in [0.717, 1.165) is 53.7 Å². The molecule has 11 heterocycles. The minimum atomic E-state index is -1.65. The number of methoxy groups -OCH3 is 4. The number of anilines is 1. The van der Waals surface area contributed by atoms with E-state index >= 15 is 0 Å². The number of benzene rings is 7. The van der Waals surface area contributed by atoms with E-state index < -0.39 is 75.2 Å². The zero-order chi connectivity index (χ0) is 95.8. The Kier molecular flexibility index (Phi) is 27.1. The van der Waals surface area contributed by atoms with E-state index in [-0.39, 0.29) is 98.2 Å². The van der Waals surface area contributed by atoms with Crippen LogP contribution >= 0.6 is 23.2 Å². The van der Waals surface area contributed by atoms with Crippen molar-refractivity contribution in [2.24, 2.45) is 27.1 Å². The fourth-order valence-electron chi connectivity index (χ4n) is 16.7. The topological polar surface area (TPSA) is 447 Å². The number of piperidine rings is 1. The predicted octanol–water partition coefficient (Wildman–Crippen LogP) is 7.60. The lowest BCUT2D eigenvalue weighted by atomic mass is 9.85. The number of nitrogens with zero attached hydrogens (tertiary/aromatic N) is 9. The molecule has 9 aliphatic heterocycles. The molecule has 34 nitrogen and oxygen atoms in total. The molecule has 0 spiro atoms. The van der Waals surface area contributed by atoms with Crippen molar-refractivity contribution in [2.45, 2.75) is 62.9 Å². The Bertz CT molecular complexity index is 6750. The van der Waals surface area contributed by atoms with Crippen molar-refractivity contribution in [3.63, 3.8) is 0 Å². The van der Waals surface area contributed by atoms with Crippen LogP contribution in [0.25, 0.3) is 0 Å². The summed E-state index contributed by atoms with van der Waals surface area (Å²) in [5.74, 6) is 20.9. The fraction of sp³-hybridized carbons (Fsp3) is 0.245. The van der Waals surface area contributed by atoms with Gasteiger partial charge in [-0.1, -0.05) is 129 Å². The largest absolute Gasteiger partial charge is 0.497 e. The zero-order valence-electron chi connectivity index (χ0n) is 72.9. The summed E-state index contributed by atoms with van der Waals surface area (Å²) in [6.45, 7) is 2.69. The van der Waals surface area contributed by atoms with Crippen LogP contribution in [0.2, 0.25) is 10.0 Å². The lowest BCUT2D eigenvalue weighted by Crippen LogP contribution is -2.54. The average Bonchev–Trinajstić information content (AvgIpc) is 1.63. The standard InChI is InChI=1S/C28H21FN4O5.C28H29N5O5.C21H17ClN4O4.C21H16ClN3O4/c1-38-22-11-8-20-15-33(25(34)23(20)14-22)16-28(26(35)30-27(36)31-28)13-12-17-2-4-18(5-3-17)24(32-37)19-6-9-21(29)10-7-19;1-32-13-10-20(11-14-32)24(31-37)19-5-3-18(4-6-19)9-12-28(26(35)29-27(36)30-28)17-33-16-21-7-8-22(38-2)15-23(21)25(33)34;1-30-15-3-2-13-10-26(19(28)16(13)7-15)11-21(8-17(27)25-20(21)29)5-4-12-6-14(22)9-24-18(12)23;1-29-15-5-4-14-11-25(19(27)17(14)18(15)22)12-21(9-16(26)24-20(21)28)7-6-13-3-2-8-23-10-13/h2-11,14,37H,15-16H2,1H3,(H2,30,31,35,36);3-8,15,20,37H,10-11,13-14,16-17H2,1-2H3,(H2,29,30,35,36);2-3,6-7,9H,8,10-11H2,1H3,(H2,23,24)(H,25,27,29);2-5,8,10H,9,11-12H2,1H3,(H,24,26,28)/t2*28-;21-;/m111./s1. The molecule has 1 unspecified atom stereocenters. The van der Waals surface area contributed by atoms with E-state index in [9.17, 15) is 72.3 Å². The molecule has 18 rings (SSSR count). The number of imide groups is 4. The third-order valence-electron chi connectivity index (χ3n) is 23.9. The molecule has 135 heavy (non-hydrogen) atoms. The normalized spacial score (nSPS) is 20.1. The molecular weight excluding hydrogens is 1780 g/mol. The molecule has 14 amide bonds. The molecule has 5 saturated heterocycles. The SMILES string of the molecule is COc1ccc2c(c1)C(=O)N(C[C@@]1(C#Cc3cc(Cl)cnc3N)CC(=O)NC1=O)C2.COc1ccc2c(c1)C(=O)N(C[C@@]1(C#Cc3ccc(C(=NO)C4CCN(C)CC4)cc3)NC(=O)NC1=O)C2.COc1ccc2c(c1)C(=O)N(C[C@@]1(C#Cc3ccc(C(=NO)c4ccc(F)cc4)cc3)NC(=O)NC1=O)C2.COc1ccc2c(c1Cl)C(=O)N(CC1(C#Cc3cccnc3)CC(=O)NC1=O)C2. The maximum atomic E-state index is 13.3. The number of hydrogen-bond donors (Lipinski definition) is 9. The quantitative estimate of drug-likeness (QED) is 0.0112. The van der Waals surface area contributed by atoms with Crippen LogP contribution in [-0.4, -0.2) is 213 Å². The first-order chi connectivity index (χ1) is 64.9. The summed E-state index contributed by atoms with van der Waals surface area (Å²) < 4.78 is 34.1. The molecule has 10 N–H and O–H groups in total. The molecule has 4 atom stereocenters. The molecule has 0 saturated carbocycles. The number of fused-ring (bicyclic) bond motifs is 4. The monoisotopic (exact) mass is 1860 g/mol. The lowest BCUT2D eigenvalue weighted by molar-refractivity contribution is -0.128. The van der Waals surface area contributed by atoms with Gasteiger partial charge in [0.1, 0.15) is 51.2 Å². The number of nitrogens with one attached hydrogen (secondary N) is 6. The van der Waals surface area contributed by atoms with Crippen molar-refractivity contribution in [2.75, 3.05) is 80.5 Å². The van der Waals surface area contributed by atoms with Crippen LogP contribution in [0.15, 0.2) is 187 Å². The minimum Gasteiger partial charge on any atom is -0.497 e. The lowest BCUT2D eigenvalue weighted by Gasteiger charge is -2.29. The van der Waals surface area contributed by atoms with Crippen LogP contribution in [-0.2, 0) is 54.9 Å². The van der Waals surface area contributed by atoms with Gasteiger partial charge in [0, 0.05) is 108 Å². The van der Waals surface area contributed by atoms with Crippen molar-refractivity contribution in [3.8, 4) is 70.4 Å². The number of carbonyl (C=O) groups excluding carboxylic acids is 12. The van der Waals surface area contributed by atoms with Crippen LogP contribution in [0.1, 0.15) is 128 Å². The number of halogens is 3. The van der Waals surface area contributed by atoms with Crippen LogP contribution in [0.5, 0.6) is 23.0 Å². The van der Waals surface area contributed by atoms with Crippen molar-refractivity contribution in [1.82, 2.24) is 66.4 Å². The fourth-order valence-corrected chi connectivity index (χ4v) is 17.2. The highest BCUT2D eigenvalue weighted by atomic mass is 35.5. The van der Waals surface area contributed by atoms with E-state index in [2.05, 4.69) is 111 Å². The molecule has 0 radical (unpaired) electrons. The van der Waals surface area contributed by atoms with E-state index in [0.29, 0.717) is 102 Å². The van der Waals surface area contributed by atoms with Gasteiger partial charge in [0.15, 0.2) is 0 Å². The maximum Gasteiger partial charge on any atom is 0.323 e. The molecule has 0 bridgehead atoms. The number of amides is 14. The van der Waals surface area contributed by atoms with Crippen molar-refractivity contribution in [1.29, 1.82) is 0 Å². The smallest absolute Gasteiger partial charge is 0.323 e. The van der Waals surface area contributed by atoms with Gasteiger partial charge in [0.2, 0.25) is 34.7 Å². The molecule has 0 aliphatic carbocycles. The number of likely N-dealkylation sites (tertiary alicyclic amines) is 1. The summed E-state index contributed by atoms with van der Waals surface area (Å²) in [5.41, 5.74) is 9.70. The highest BCUT2D eigenvalue weighted by molar-refractivity contribution is 6.36. The molecule has 37 heteroatoms. The maximum absolute atomic E-state index is 13.3. The van der Waals surface area contributed by atoms with E-state index in [1.165, 1.54) is 84.6 Å². The van der Waals surface area contributed by atoms with Crippen LogP contribution in [0.4, 0.5) is 19.8 Å². The second-order valence-electron chi connectivity index (χ2n) is 32.7. The molecule has 9 aliphatic rings. The number of nitrogens with two attached hydrogens (primary N) is 1. The Morgan fingerprint density at radius 2 is 0.941 bits per heavy atom. The average molecular weight is 1860 g/mol. The Morgan fingerprint density at radius 3 is 1.37 bits per heavy atom. The van der Waals surface area contributed by atoms with Gasteiger partial charge in [0.05, 0.1) is 81.3 Å². The Hall–Kier alpha value is -16.5. The van der Waals surface area contributed by atoms with Gasteiger partial charge in [-0.3, -0.25) is 74.2 Å². The first-order valence-electron chi connectivity index (χ1n) is 41.9. The molecule has 7 aromatic carbocycles. The van der Waals surface area contributed by atoms with E-state index in [1.54, 1.807) is 116 Å². The number of aromatic nitrogens is 2. The van der Waals surface area contributed by atoms with Gasteiger partial charge < -0.3 is 70.2 Å². The second-order valence-corrected chi connectivity index (χ2v) is 33.5. The van der Waals surface area contributed by atoms with Crippen LogP contribution in [0, 0.1) is 69.9 Å². The third-order valence-corrected chi connectivity index (χ3v) is 24.4. The Morgan fingerprint density at radius 1 is 0.496 bits per heavy atom. The number of ether oxygens (including phenoxy) is 4. The molecule has 684 valence electrons. The molecule has 5 fully saturated rings. The highest BCUT2D eigenvalue weighted by Gasteiger charge is 2.53. The summed E-state index contributed by atoms with van der Waals surface area (Å²) in [7, 11) is 8.11. The first-order valence-corrected chi connectivity index (χ1v) is 42.7. The second kappa shape index (κ2) is 39.3. The van der Waals surface area contributed by atoms with Crippen molar-refractivity contribution in [3.05, 3.63) is 276 Å². The first kappa shape index (κ1) is 93.2. The van der Waals surface area contributed by atoms with Gasteiger partial charge in [-0.25, -0.2) is 19.0 Å². The number of rotatable bonds is 16. The Labute approximate surface area is 781 Å². The number of carbonyl (C=O) groups is 12. The highest BCUT2D eigenvalue weighted by Crippen LogP contribution is 2.41. The van der Waals surface area contributed by atoms with Gasteiger partial charge in [-0.15, -0.1) is 0 Å². The molecule has 2 aromatic heterocycles. The number of nitrogen functional groups attached to an aromatic ring is 1. The number of hydrogen-bond acceptors (Lipinski definition) is 24. The zero-order valence-corrected chi connectivity index (χ0v) is 74.4. The van der Waals surface area contributed by atoms with Crippen LogP contribution in [0.3, 0.4) is 0 Å². The predicted molar refractivity (Wildman–Crippen MR) is 486 cm³/mol. The van der Waals surface area contributed by atoms with E-state index in [1.807, 2.05) is 24.3 Å². The summed E-state index contributed by atoms with van der Waals surface area (Å²) in [6, 6.07) is 42.2. The summed E-state index contributed by atoms with van der Waals surface area (Å²) in [4.78, 5) is 167. The van der Waals surface area contributed by atoms with Gasteiger partial charge in [-0.2, -0.15) is 0 Å². The summed E-state index contributed by atoms with van der Waals surface area (Å²) in [5, 5.41) is 40.9. The van der Waals surface area contributed by atoms with E-state index in [4.69, 9.17) is 47.9 Å². The third kappa shape index (κ3) is 19.9. The number of pyridine rings is 2. The number of urea groups is 2. The summed E-state index contributed by atoms with van der Waals surface area (Å²) >= 11 is 12.3.